The van der Waals surface area contributed by atoms with Crippen LogP contribution < -0.4 is 10.2 Å². The first kappa shape index (κ1) is 15.5. The zero-order valence-corrected chi connectivity index (χ0v) is 14.1. The fourth-order valence-corrected chi connectivity index (χ4v) is 3.36. The normalized spacial score (nSPS) is 23.3. The van der Waals surface area contributed by atoms with Crippen molar-refractivity contribution in [3.8, 4) is 0 Å². The van der Waals surface area contributed by atoms with E-state index in [0.717, 1.165) is 22.6 Å². The number of amides is 1. The zero-order chi connectivity index (χ0) is 16.6. The molecule has 120 valence electrons. The van der Waals surface area contributed by atoms with Crippen LogP contribution in [0.15, 0.2) is 42.6 Å². The molecule has 0 spiro atoms. The van der Waals surface area contributed by atoms with Crippen molar-refractivity contribution >= 4 is 17.4 Å². The fraction of sp³-hybridized carbons (Fsp3) is 0.368. The molecule has 1 N–H and O–H groups in total. The molecule has 3 rings (SSSR count). The van der Waals surface area contributed by atoms with Crippen molar-refractivity contribution in [2.75, 3.05) is 10.2 Å². The highest BCUT2D eigenvalue weighted by Crippen LogP contribution is 2.42. The van der Waals surface area contributed by atoms with Crippen LogP contribution in [0.2, 0.25) is 0 Å². The molecule has 0 fully saturated rings. The Kier molecular flexibility index (Phi) is 4.07. The average molecular weight is 309 g/mol. The number of carbonyl (C=O) groups excluding carboxylic acids is 1. The molecular weight excluding hydrogens is 286 g/mol. The summed E-state index contributed by atoms with van der Waals surface area (Å²) in [5.41, 5.74) is 3.29. The number of hydrogen-bond donors (Lipinski definition) is 1. The van der Waals surface area contributed by atoms with Gasteiger partial charge in [0.25, 0.3) is 0 Å². The minimum Gasteiger partial charge on any atom is -0.363 e. The van der Waals surface area contributed by atoms with Gasteiger partial charge in [0, 0.05) is 30.8 Å². The van der Waals surface area contributed by atoms with Gasteiger partial charge in [-0.15, -0.1) is 0 Å². The first-order chi connectivity index (χ1) is 11.0. The van der Waals surface area contributed by atoms with Crippen molar-refractivity contribution in [3.05, 3.63) is 53.7 Å². The van der Waals surface area contributed by atoms with Crippen LogP contribution in [0.1, 0.15) is 37.9 Å². The van der Waals surface area contributed by atoms with E-state index >= 15 is 0 Å². The van der Waals surface area contributed by atoms with Gasteiger partial charge in [0.05, 0.1) is 6.04 Å². The molecule has 0 aliphatic carbocycles. The monoisotopic (exact) mass is 309 g/mol. The molecule has 0 saturated heterocycles. The van der Waals surface area contributed by atoms with E-state index in [4.69, 9.17) is 0 Å². The second-order valence-electron chi connectivity index (χ2n) is 6.39. The smallest absolute Gasteiger partial charge is 0.224 e. The summed E-state index contributed by atoms with van der Waals surface area (Å²) in [4.78, 5) is 18.5. The predicted octanol–water partition coefficient (Wildman–Crippen LogP) is 3.93. The van der Waals surface area contributed by atoms with Crippen molar-refractivity contribution in [3.63, 3.8) is 0 Å². The number of benzene rings is 1. The Balaban J connectivity index is 2.01. The summed E-state index contributed by atoms with van der Waals surface area (Å²) >= 11 is 0. The molecule has 0 unspecified atom stereocenters. The predicted molar refractivity (Wildman–Crippen MR) is 93.6 cm³/mol. The van der Waals surface area contributed by atoms with E-state index in [9.17, 15) is 4.79 Å². The molecule has 0 saturated carbocycles. The summed E-state index contributed by atoms with van der Waals surface area (Å²) in [7, 11) is 0. The van der Waals surface area contributed by atoms with Crippen LogP contribution in [0.4, 0.5) is 11.5 Å². The van der Waals surface area contributed by atoms with Gasteiger partial charge >= 0.3 is 0 Å². The van der Waals surface area contributed by atoms with Gasteiger partial charge in [-0.3, -0.25) is 4.79 Å². The number of nitrogens with one attached hydrogen (secondary N) is 1. The highest BCUT2D eigenvalue weighted by molar-refractivity contribution is 5.93. The number of fused-ring (bicyclic) bond motifs is 1. The van der Waals surface area contributed by atoms with E-state index in [1.807, 2.05) is 42.3 Å². The third-order valence-electron chi connectivity index (χ3n) is 4.78. The standard InChI is InChI=1S/C19H23N3O/c1-12-9-10-18(20-11-12)21-19-13(2)14(3)22(15(4)23)17-8-6-5-7-16(17)19/h5-11,13-14,19H,1-4H3,(H,20,21)/t13-,14-,19+/m0/s1. The Hall–Kier alpha value is -2.36. The summed E-state index contributed by atoms with van der Waals surface area (Å²) in [6.07, 6.45) is 1.87. The van der Waals surface area contributed by atoms with Crippen LogP contribution in [0.25, 0.3) is 0 Å². The molecule has 1 amide bonds. The van der Waals surface area contributed by atoms with Crippen molar-refractivity contribution in [1.82, 2.24) is 4.98 Å². The molecule has 4 nitrogen and oxygen atoms in total. The summed E-state index contributed by atoms with van der Waals surface area (Å²) < 4.78 is 0. The van der Waals surface area contributed by atoms with Crippen molar-refractivity contribution in [2.24, 2.45) is 5.92 Å². The number of pyridine rings is 1. The molecule has 1 aromatic heterocycles. The maximum Gasteiger partial charge on any atom is 0.224 e. The van der Waals surface area contributed by atoms with Crippen LogP contribution in [0.5, 0.6) is 0 Å². The number of hydrogen-bond acceptors (Lipinski definition) is 3. The van der Waals surface area contributed by atoms with Gasteiger partial charge in [-0.2, -0.15) is 0 Å². The summed E-state index contributed by atoms with van der Waals surface area (Å²) in [5, 5.41) is 3.55. The Morgan fingerprint density at radius 2 is 1.91 bits per heavy atom. The first-order valence-corrected chi connectivity index (χ1v) is 8.07. The molecule has 0 bridgehead atoms. The van der Waals surface area contributed by atoms with Crippen LogP contribution >= 0.6 is 0 Å². The van der Waals surface area contributed by atoms with Crippen LogP contribution in [0, 0.1) is 12.8 Å². The first-order valence-electron chi connectivity index (χ1n) is 8.07. The van der Waals surface area contributed by atoms with Gasteiger partial charge in [-0.05, 0) is 37.1 Å². The molecule has 4 heteroatoms. The lowest BCUT2D eigenvalue weighted by Crippen LogP contribution is -2.48. The van der Waals surface area contributed by atoms with E-state index in [0.29, 0.717) is 0 Å². The maximum absolute atomic E-state index is 12.1. The molecule has 0 radical (unpaired) electrons. The second-order valence-corrected chi connectivity index (χ2v) is 6.39. The number of rotatable bonds is 2. The van der Waals surface area contributed by atoms with Gasteiger partial charge in [0.15, 0.2) is 0 Å². The van der Waals surface area contributed by atoms with Gasteiger partial charge in [0.2, 0.25) is 5.91 Å². The Morgan fingerprint density at radius 1 is 1.17 bits per heavy atom. The Morgan fingerprint density at radius 3 is 2.57 bits per heavy atom. The van der Waals surface area contributed by atoms with Crippen molar-refractivity contribution in [2.45, 2.75) is 39.8 Å². The van der Waals surface area contributed by atoms with E-state index < -0.39 is 0 Å². The third kappa shape index (κ3) is 2.81. The van der Waals surface area contributed by atoms with Gasteiger partial charge < -0.3 is 10.2 Å². The molecular formula is C19H23N3O. The fourth-order valence-electron chi connectivity index (χ4n) is 3.36. The molecule has 3 atom stereocenters. The number of carbonyl (C=O) groups is 1. The number of aromatic nitrogens is 1. The van der Waals surface area contributed by atoms with E-state index in [1.165, 1.54) is 0 Å². The van der Waals surface area contributed by atoms with E-state index in [1.54, 1.807) is 6.92 Å². The highest BCUT2D eigenvalue weighted by Gasteiger charge is 2.37. The summed E-state index contributed by atoms with van der Waals surface area (Å²) in [6, 6.07) is 12.5. The zero-order valence-electron chi connectivity index (χ0n) is 14.1. The number of aryl methyl sites for hydroxylation is 1. The number of nitrogens with zero attached hydrogens (tertiary/aromatic N) is 2. The SMILES string of the molecule is CC(=O)N1c2ccccc2[C@H](Nc2ccc(C)cn2)[C@@H](C)[C@@H]1C. The topological polar surface area (TPSA) is 45.2 Å². The van der Waals surface area contributed by atoms with E-state index in [2.05, 4.69) is 36.3 Å². The Labute approximate surface area is 137 Å². The quantitative estimate of drug-likeness (QED) is 0.914. The summed E-state index contributed by atoms with van der Waals surface area (Å²) in [6.45, 7) is 7.96. The van der Waals surface area contributed by atoms with E-state index in [-0.39, 0.29) is 23.9 Å². The van der Waals surface area contributed by atoms with Gasteiger partial charge in [0.1, 0.15) is 5.82 Å². The average Bonchev–Trinajstić information content (AvgIpc) is 2.53. The molecule has 2 heterocycles. The molecule has 1 aliphatic heterocycles. The number of anilines is 2. The highest BCUT2D eigenvalue weighted by atomic mass is 16.2. The third-order valence-corrected chi connectivity index (χ3v) is 4.78. The molecule has 1 aromatic carbocycles. The minimum atomic E-state index is 0.0868. The van der Waals surface area contributed by atoms with Gasteiger partial charge in [-0.1, -0.05) is 31.2 Å². The lowest BCUT2D eigenvalue weighted by Gasteiger charge is -2.44. The lowest BCUT2D eigenvalue weighted by atomic mass is 9.83. The lowest BCUT2D eigenvalue weighted by molar-refractivity contribution is -0.117. The van der Waals surface area contributed by atoms with Crippen LogP contribution in [-0.2, 0) is 4.79 Å². The number of para-hydroxylation sites is 1. The van der Waals surface area contributed by atoms with Crippen molar-refractivity contribution in [1.29, 1.82) is 0 Å². The Bertz CT molecular complexity index is 711. The molecule has 23 heavy (non-hydrogen) atoms. The van der Waals surface area contributed by atoms with Gasteiger partial charge in [-0.25, -0.2) is 4.98 Å². The molecule has 1 aliphatic rings. The van der Waals surface area contributed by atoms with Crippen LogP contribution in [0.3, 0.4) is 0 Å². The largest absolute Gasteiger partial charge is 0.363 e. The van der Waals surface area contributed by atoms with Crippen molar-refractivity contribution < 1.29 is 4.79 Å². The second kappa shape index (κ2) is 6.03. The minimum absolute atomic E-state index is 0.0868. The summed E-state index contributed by atoms with van der Waals surface area (Å²) in [5.74, 6) is 1.23. The van der Waals surface area contributed by atoms with Crippen LogP contribution in [-0.4, -0.2) is 16.9 Å². The maximum atomic E-state index is 12.1. The molecule has 2 aromatic rings.